The summed E-state index contributed by atoms with van der Waals surface area (Å²) in [6.45, 7) is 0.695. The zero-order valence-electron chi connectivity index (χ0n) is 11.4. The van der Waals surface area contributed by atoms with Gasteiger partial charge in [-0.15, -0.1) is 0 Å². The number of para-hydroxylation sites is 1. The Balaban J connectivity index is 1.83. The smallest absolute Gasteiger partial charge is 0.122 e. The Kier molecular flexibility index (Phi) is 4.53. The summed E-state index contributed by atoms with van der Waals surface area (Å²) in [6.07, 6.45) is 0.988. The van der Waals surface area contributed by atoms with Crippen molar-refractivity contribution in [2.24, 2.45) is 0 Å². The van der Waals surface area contributed by atoms with Crippen LogP contribution in [0.1, 0.15) is 36.0 Å². The van der Waals surface area contributed by atoms with Crippen LogP contribution in [0.5, 0.6) is 5.75 Å². The Morgan fingerprint density at radius 3 is 2.90 bits per heavy atom. The van der Waals surface area contributed by atoms with Gasteiger partial charge in [0.1, 0.15) is 5.75 Å². The Bertz CT molecular complexity index is 644. The van der Waals surface area contributed by atoms with Crippen LogP contribution < -0.4 is 4.74 Å². The van der Waals surface area contributed by atoms with E-state index >= 15 is 0 Å². The lowest BCUT2D eigenvalue weighted by Gasteiger charge is -2.27. The summed E-state index contributed by atoms with van der Waals surface area (Å²) in [5.41, 5.74) is 1.95. The summed E-state index contributed by atoms with van der Waals surface area (Å²) in [5.74, 6) is 1.22. The molecular weight excluding hydrogens is 352 g/mol. The average molecular weight is 368 g/mol. The molecule has 2 atom stereocenters. The van der Waals surface area contributed by atoms with Gasteiger partial charge >= 0.3 is 0 Å². The molecule has 21 heavy (non-hydrogen) atoms. The highest BCUT2D eigenvalue weighted by atomic mass is 79.9. The minimum atomic E-state index is -0.578. The molecule has 2 aromatic carbocycles. The maximum atomic E-state index is 10.6. The van der Waals surface area contributed by atoms with Crippen molar-refractivity contribution < 1.29 is 9.84 Å². The summed E-state index contributed by atoms with van der Waals surface area (Å²) in [6, 6.07) is 13.7. The highest BCUT2D eigenvalue weighted by Gasteiger charge is 2.25. The summed E-state index contributed by atoms with van der Waals surface area (Å²) in [5, 5.41) is 11.1. The van der Waals surface area contributed by atoms with Gasteiger partial charge in [0.05, 0.1) is 17.7 Å². The number of rotatable bonds is 3. The molecule has 3 rings (SSSR count). The van der Waals surface area contributed by atoms with Crippen LogP contribution in [-0.4, -0.2) is 11.7 Å². The van der Waals surface area contributed by atoms with Crippen LogP contribution in [0.3, 0.4) is 0 Å². The van der Waals surface area contributed by atoms with Gasteiger partial charge < -0.3 is 9.84 Å². The fraction of sp³-hybridized carbons (Fsp3) is 0.294. The third-order valence-corrected chi connectivity index (χ3v) is 5.24. The number of fused-ring (bicyclic) bond motifs is 1. The first-order valence-corrected chi connectivity index (χ1v) is 8.17. The number of benzene rings is 2. The lowest BCUT2D eigenvalue weighted by atomic mass is 9.86. The van der Waals surface area contributed by atoms with Crippen LogP contribution in [0.4, 0.5) is 0 Å². The maximum Gasteiger partial charge on any atom is 0.122 e. The molecular formula is C17H16BrClO2. The van der Waals surface area contributed by atoms with Gasteiger partial charge in [-0.2, -0.15) is 0 Å². The number of aliphatic hydroxyl groups is 1. The molecule has 2 nitrogen and oxygen atoms in total. The standard InChI is InChI=1S/C17H16BrClO2/c18-14-6-3-5-13(17(14)19)15(20)10-11-8-9-21-16-7-2-1-4-12(11)16/h1-7,11,15,20H,8-10H2. The van der Waals surface area contributed by atoms with Crippen LogP contribution >= 0.6 is 27.5 Å². The van der Waals surface area contributed by atoms with Gasteiger partial charge in [-0.1, -0.05) is 41.9 Å². The van der Waals surface area contributed by atoms with Gasteiger partial charge in [0.2, 0.25) is 0 Å². The minimum Gasteiger partial charge on any atom is -0.493 e. The van der Waals surface area contributed by atoms with Crippen molar-refractivity contribution in [3.05, 3.63) is 63.1 Å². The molecule has 110 valence electrons. The maximum absolute atomic E-state index is 10.6. The Labute approximate surface area is 137 Å². The monoisotopic (exact) mass is 366 g/mol. The van der Waals surface area contributed by atoms with Gasteiger partial charge in [0.15, 0.2) is 0 Å². The third-order valence-electron chi connectivity index (χ3n) is 3.93. The Morgan fingerprint density at radius 1 is 1.24 bits per heavy atom. The molecule has 2 unspecified atom stereocenters. The molecule has 1 N–H and O–H groups in total. The third kappa shape index (κ3) is 3.10. The molecule has 0 saturated carbocycles. The molecule has 0 spiro atoms. The van der Waals surface area contributed by atoms with E-state index in [4.69, 9.17) is 16.3 Å². The lowest BCUT2D eigenvalue weighted by molar-refractivity contribution is 0.145. The highest BCUT2D eigenvalue weighted by molar-refractivity contribution is 9.10. The minimum absolute atomic E-state index is 0.292. The summed E-state index contributed by atoms with van der Waals surface area (Å²) in [7, 11) is 0. The van der Waals surface area contributed by atoms with Crippen molar-refractivity contribution in [2.45, 2.75) is 24.9 Å². The van der Waals surface area contributed by atoms with Gasteiger partial charge in [0, 0.05) is 10.0 Å². The lowest BCUT2D eigenvalue weighted by Crippen LogP contribution is -2.16. The molecule has 0 amide bonds. The predicted molar refractivity (Wildman–Crippen MR) is 88.0 cm³/mol. The number of hydrogen-bond acceptors (Lipinski definition) is 2. The molecule has 4 heteroatoms. The quantitative estimate of drug-likeness (QED) is 0.818. The first-order chi connectivity index (χ1) is 10.2. The molecule has 0 radical (unpaired) electrons. The number of ether oxygens (including phenoxy) is 1. The largest absolute Gasteiger partial charge is 0.493 e. The van der Waals surface area contributed by atoms with Gasteiger partial charge in [-0.3, -0.25) is 0 Å². The molecule has 1 heterocycles. The van der Waals surface area contributed by atoms with E-state index in [0.717, 1.165) is 22.2 Å². The van der Waals surface area contributed by atoms with Crippen LogP contribution in [0.2, 0.25) is 5.02 Å². The van der Waals surface area contributed by atoms with E-state index in [1.54, 1.807) is 0 Å². The second-order valence-electron chi connectivity index (χ2n) is 5.27. The topological polar surface area (TPSA) is 29.5 Å². The van der Waals surface area contributed by atoms with Crippen LogP contribution in [-0.2, 0) is 0 Å². The summed E-state index contributed by atoms with van der Waals surface area (Å²) in [4.78, 5) is 0. The molecule has 2 aromatic rings. The normalized spacial score (nSPS) is 18.7. The van der Waals surface area contributed by atoms with Crippen LogP contribution in [0.15, 0.2) is 46.9 Å². The molecule has 1 aliphatic rings. The average Bonchev–Trinajstić information content (AvgIpc) is 2.50. The van der Waals surface area contributed by atoms with Crippen molar-refractivity contribution in [1.29, 1.82) is 0 Å². The Morgan fingerprint density at radius 2 is 2.05 bits per heavy atom. The van der Waals surface area contributed by atoms with Crippen molar-refractivity contribution >= 4 is 27.5 Å². The van der Waals surface area contributed by atoms with Crippen molar-refractivity contribution in [2.75, 3.05) is 6.61 Å². The van der Waals surface area contributed by atoms with E-state index in [1.165, 1.54) is 5.56 Å². The second kappa shape index (κ2) is 6.39. The van der Waals surface area contributed by atoms with E-state index in [2.05, 4.69) is 22.0 Å². The van der Waals surface area contributed by atoms with E-state index < -0.39 is 6.10 Å². The zero-order valence-corrected chi connectivity index (χ0v) is 13.8. The van der Waals surface area contributed by atoms with E-state index in [1.807, 2.05) is 36.4 Å². The number of halogens is 2. The predicted octanol–water partition coefficient (Wildman–Crippen LogP) is 5.09. The second-order valence-corrected chi connectivity index (χ2v) is 6.50. The molecule has 0 aliphatic carbocycles. The van der Waals surface area contributed by atoms with E-state index in [9.17, 15) is 5.11 Å². The van der Waals surface area contributed by atoms with Crippen molar-refractivity contribution in [3.63, 3.8) is 0 Å². The Hall–Kier alpha value is -1.03. The van der Waals surface area contributed by atoms with Crippen molar-refractivity contribution in [1.82, 2.24) is 0 Å². The van der Waals surface area contributed by atoms with Gasteiger partial charge in [0.25, 0.3) is 0 Å². The summed E-state index contributed by atoms with van der Waals surface area (Å²) < 4.78 is 6.48. The molecule has 0 fully saturated rings. The summed E-state index contributed by atoms with van der Waals surface area (Å²) >= 11 is 9.68. The molecule has 0 aromatic heterocycles. The highest BCUT2D eigenvalue weighted by Crippen LogP contribution is 2.40. The van der Waals surface area contributed by atoms with Crippen LogP contribution in [0, 0.1) is 0 Å². The molecule has 1 aliphatic heterocycles. The SMILES string of the molecule is OC(CC1CCOc2ccccc21)c1cccc(Br)c1Cl. The van der Waals surface area contributed by atoms with Crippen LogP contribution in [0.25, 0.3) is 0 Å². The van der Waals surface area contributed by atoms with Crippen molar-refractivity contribution in [3.8, 4) is 5.75 Å². The van der Waals surface area contributed by atoms with Gasteiger partial charge in [-0.05, 0) is 52.4 Å². The number of aliphatic hydroxyl groups excluding tert-OH is 1. The molecule has 0 saturated heterocycles. The fourth-order valence-electron chi connectivity index (χ4n) is 2.84. The first-order valence-electron chi connectivity index (χ1n) is 7.00. The van der Waals surface area contributed by atoms with E-state index in [-0.39, 0.29) is 0 Å². The number of hydrogen-bond donors (Lipinski definition) is 1. The fourth-order valence-corrected chi connectivity index (χ4v) is 3.47. The first kappa shape index (κ1) is 14.9. The zero-order chi connectivity index (χ0) is 14.8. The van der Waals surface area contributed by atoms with E-state index in [0.29, 0.717) is 24.0 Å². The van der Waals surface area contributed by atoms with Gasteiger partial charge in [-0.25, -0.2) is 0 Å². The molecule has 0 bridgehead atoms.